The average Bonchev–Trinajstić information content (AvgIpc) is 2.93. The molecule has 2 heterocycles. The average molecular weight is 268 g/mol. The molecule has 0 radical (unpaired) electrons. The zero-order valence-electron chi connectivity index (χ0n) is 11.5. The third-order valence-corrected chi connectivity index (χ3v) is 3.19. The number of anilines is 1. The van der Waals surface area contributed by atoms with E-state index in [1.165, 1.54) is 15.8 Å². The summed E-state index contributed by atoms with van der Waals surface area (Å²) in [6.45, 7) is 5.11. The minimum absolute atomic E-state index is 0.556. The summed E-state index contributed by atoms with van der Waals surface area (Å²) < 4.78 is 1.41. The Labute approximate surface area is 116 Å². The van der Waals surface area contributed by atoms with Crippen LogP contribution in [0.4, 0.5) is 5.82 Å². The quantitative estimate of drug-likeness (QED) is 0.786. The van der Waals surface area contributed by atoms with Gasteiger partial charge in [-0.1, -0.05) is 38.1 Å². The van der Waals surface area contributed by atoms with Crippen LogP contribution >= 0.6 is 0 Å². The highest BCUT2D eigenvalue weighted by atomic mass is 15.6. The van der Waals surface area contributed by atoms with Crippen LogP contribution in [0.2, 0.25) is 0 Å². The smallest absolute Gasteiger partial charge is 0.200 e. The largest absolute Gasteiger partial charge is 0.365 e. The lowest BCUT2D eigenvalue weighted by molar-refractivity contribution is 0.734. The Hall–Kier alpha value is -2.50. The van der Waals surface area contributed by atoms with E-state index < -0.39 is 0 Å². The number of nitrogens with zero attached hydrogens (tertiary/aromatic N) is 5. The second-order valence-corrected chi connectivity index (χ2v) is 4.99. The van der Waals surface area contributed by atoms with Crippen molar-refractivity contribution in [3.8, 4) is 0 Å². The van der Waals surface area contributed by atoms with Crippen molar-refractivity contribution >= 4 is 11.5 Å². The Morgan fingerprint density at radius 3 is 2.65 bits per heavy atom. The molecule has 6 heteroatoms. The Kier molecular flexibility index (Phi) is 3.28. The summed E-state index contributed by atoms with van der Waals surface area (Å²) in [6, 6.07) is 12.3. The lowest BCUT2D eigenvalue weighted by atomic mass is 10.0. The molecule has 0 aliphatic carbocycles. The molecule has 0 saturated carbocycles. The highest BCUT2D eigenvalue weighted by Gasteiger charge is 2.02. The van der Waals surface area contributed by atoms with Gasteiger partial charge in [-0.05, 0) is 39.6 Å². The molecule has 0 atom stereocenters. The van der Waals surface area contributed by atoms with E-state index in [1.807, 2.05) is 12.1 Å². The molecule has 0 aliphatic rings. The van der Waals surface area contributed by atoms with Gasteiger partial charge in [0.1, 0.15) is 5.82 Å². The van der Waals surface area contributed by atoms with Gasteiger partial charge in [0.25, 0.3) is 0 Å². The second kappa shape index (κ2) is 5.24. The summed E-state index contributed by atoms with van der Waals surface area (Å²) >= 11 is 0. The standard InChI is InChI=1S/C14H16N6/c1-10(2)12-5-3-11(4-6-12)9-15-13-7-8-14-16-18-19-20(14)17-13/h3-8,10H,9H2,1-2H3,(H,15,17). The van der Waals surface area contributed by atoms with Gasteiger partial charge in [0.15, 0.2) is 5.65 Å². The molecule has 2 aromatic heterocycles. The van der Waals surface area contributed by atoms with E-state index in [9.17, 15) is 0 Å². The molecular weight excluding hydrogens is 252 g/mol. The fourth-order valence-corrected chi connectivity index (χ4v) is 1.96. The number of nitrogens with one attached hydrogen (secondary N) is 1. The van der Waals surface area contributed by atoms with Crippen molar-refractivity contribution < 1.29 is 0 Å². The van der Waals surface area contributed by atoms with E-state index in [2.05, 4.69) is 64.1 Å². The second-order valence-electron chi connectivity index (χ2n) is 4.99. The van der Waals surface area contributed by atoms with Crippen LogP contribution in [0.25, 0.3) is 5.65 Å². The van der Waals surface area contributed by atoms with E-state index in [0.29, 0.717) is 11.6 Å². The zero-order chi connectivity index (χ0) is 13.9. The highest BCUT2D eigenvalue weighted by Crippen LogP contribution is 2.15. The van der Waals surface area contributed by atoms with E-state index in [0.717, 1.165) is 12.4 Å². The Morgan fingerprint density at radius 2 is 1.90 bits per heavy atom. The first-order valence-corrected chi connectivity index (χ1v) is 6.60. The summed E-state index contributed by atoms with van der Waals surface area (Å²) in [4.78, 5) is 0. The van der Waals surface area contributed by atoms with E-state index in [-0.39, 0.29) is 0 Å². The molecule has 0 bridgehead atoms. The summed E-state index contributed by atoms with van der Waals surface area (Å²) in [5.41, 5.74) is 3.20. The van der Waals surface area contributed by atoms with Gasteiger partial charge in [-0.25, -0.2) is 0 Å². The van der Waals surface area contributed by atoms with Crippen LogP contribution < -0.4 is 5.32 Å². The minimum Gasteiger partial charge on any atom is -0.365 e. The number of tetrazole rings is 1. The third kappa shape index (κ3) is 2.59. The van der Waals surface area contributed by atoms with Gasteiger partial charge in [-0.3, -0.25) is 0 Å². The predicted molar refractivity (Wildman–Crippen MR) is 76.4 cm³/mol. The number of rotatable bonds is 4. The first-order chi connectivity index (χ1) is 9.72. The Bertz CT molecular complexity index is 701. The molecule has 1 aromatic carbocycles. The SMILES string of the molecule is CC(C)c1ccc(CNc2ccc3nnnn3n2)cc1. The number of aromatic nitrogens is 5. The van der Waals surface area contributed by atoms with E-state index in [4.69, 9.17) is 0 Å². The number of benzene rings is 1. The van der Waals surface area contributed by atoms with Crippen LogP contribution in [0.15, 0.2) is 36.4 Å². The Balaban J connectivity index is 1.69. The van der Waals surface area contributed by atoms with Crippen LogP contribution in [0.5, 0.6) is 0 Å². The molecule has 0 saturated heterocycles. The molecule has 6 nitrogen and oxygen atoms in total. The van der Waals surface area contributed by atoms with Gasteiger partial charge in [0, 0.05) is 6.54 Å². The van der Waals surface area contributed by atoms with Gasteiger partial charge < -0.3 is 5.32 Å². The molecule has 0 amide bonds. The predicted octanol–water partition coefficient (Wildman–Crippen LogP) is 2.25. The lowest BCUT2D eigenvalue weighted by Crippen LogP contribution is -2.04. The summed E-state index contributed by atoms with van der Waals surface area (Å²) in [5, 5.41) is 18.7. The molecule has 3 aromatic rings. The lowest BCUT2D eigenvalue weighted by Gasteiger charge is -2.08. The van der Waals surface area contributed by atoms with Crippen LogP contribution in [-0.2, 0) is 6.54 Å². The maximum Gasteiger partial charge on any atom is 0.200 e. The molecule has 3 rings (SSSR count). The maximum atomic E-state index is 4.27. The van der Waals surface area contributed by atoms with Gasteiger partial charge >= 0.3 is 0 Å². The number of hydrogen-bond acceptors (Lipinski definition) is 5. The first-order valence-electron chi connectivity index (χ1n) is 6.60. The van der Waals surface area contributed by atoms with Crippen molar-refractivity contribution in [2.75, 3.05) is 5.32 Å². The zero-order valence-corrected chi connectivity index (χ0v) is 11.5. The monoisotopic (exact) mass is 268 g/mol. The normalized spacial score (nSPS) is 11.2. The first kappa shape index (κ1) is 12.5. The van der Waals surface area contributed by atoms with Gasteiger partial charge in [-0.2, -0.15) is 0 Å². The van der Waals surface area contributed by atoms with Crippen molar-refractivity contribution in [2.45, 2.75) is 26.3 Å². The summed E-state index contributed by atoms with van der Waals surface area (Å²) in [5.74, 6) is 1.30. The molecule has 0 spiro atoms. The number of hydrogen-bond donors (Lipinski definition) is 1. The third-order valence-electron chi connectivity index (χ3n) is 3.19. The Morgan fingerprint density at radius 1 is 1.10 bits per heavy atom. The topological polar surface area (TPSA) is 68.0 Å². The molecule has 102 valence electrons. The van der Waals surface area contributed by atoms with E-state index >= 15 is 0 Å². The van der Waals surface area contributed by atoms with Crippen LogP contribution in [0, 0.1) is 0 Å². The van der Waals surface area contributed by atoms with Crippen molar-refractivity contribution in [1.82, 2.24) is 25.3 Å². The van der Waals surface area contributed by atoms with Crippen molar-refractivity contribution in [3.05, 3.63) is 47.5 Å². The fourth-order valence-electron chi connectivity index (χ4n) is 1.96. The summed E-state index contributed by atoms with van der Waals surface area (Å²) in [6.07, 6.45) is 0. The summed E-state index contributed by atoms with van der Waals surface area (Å²) in [7, 11) is 0. The number of fused-ring (bicyclic) bond motifs is 1. The maximum absolute atomic E-state index is 4.27. The fraction of sp³-hybridized carbons (Fsp3) is 0.286. The van der Waals surface area contributed by atoms with Gasteiger partial charge in [-0.15, -0.1) is 14.8 Å². The van der Waals surface area contributed by atoms with Gasteiger partial charge in [0.05, 0.1) is 0 Å². The molecule has 0 fully saturated rings. The van der Waals surface area contributed by atoms with E-state index in [1.54, 1.807) is 0 Å². The van der Waals surface area contributed by atoms with Crippen molar-refractivity contribution in [2.24, 2.45) is 0 Å². The molecule has 0 aliphatic heterocycles. The van der Waals surface area contributed by atoms with Crippen LogP contribution in [0.3, 0.4) is 0 Å². The minimum atomic E-state index is 0.556. The molecule has 20 heavy (non-hydrogen) atoms. The molecule has 0 unspecified atom stereocenters. The van der Waals surface area contributed by atoms with Gasteiger partial charge in [0.2, 0.25) is 0 Å². The van der Waals surface area contributed by atoms with Crippen molar-refractivity contribution in [1.29, 1.82) is 0 Å². The van der Waals surface area contributed by atoms with Crippen molar-refractivity contribution in [3.63, 3.8) is 0 Å². The van der Waals surface area contributed by atoms with Crippen LogP contribution in [0.1, 0.15) is 30.9 Å². The highest BCUT2D eigenvalue weighted by molar-refractivity contribution is 5.42. The molecule has 1 N–H and O–H groups in total. The van der Waals surface area contributed by atoms with Crippen LogP contribution in [-0.4, -0.2) is 25.3 Å². The molecular formula is C14H16N6.